The van der Waals surface area contributed by atoms with Gasteiger partial charge in [0.25, 0.3) is 0 Å². The molecule has 0 bridgehead atoms. The molecule has 27 heavy (non-hydrogen) atoms. The van der Waals surface area contributed by atoms with Crippen molar-refractivity contribution in [3.63, 3.8) is 0 Å². The lowest BCUT2D eigenvalue weighted by Gasteiger charge is -2.36. The van der Waals surface area contributed by atoms with Gasteiger partial charge in [-0.1, -0.05) is 47.6 Å². The molecule has 1 N–H and O–H groups in total. The van der Waals surface area contributed by atoms with Crippen LogP contribution in [-0.2, 0) is 13.1 Å². The number of nitrogens with one attached hydrogen (secondary N) is 1. The molecule has 1 aliphatic heterocycles. The molecule has 6 heteroatoms. The van der Waals surface area contributed by atoms with Gasteiger partial charge in [-0.3, -0.25) is 9.89 Å². The Labute approximate surface area is 159 Å². The van der Waals surface area contributed by atoms with Gasteiger partial charge in [-0.2, -0.15) is 0 Å². The summed E-state index contributed by atoms with van der Waals surface area (Å²) in [5, 5.41) is 10.1. The summed E-state index contributed by atoms with van der Waals surface area (Å²) in [5.41, 5.74) is 2.28. The van der Waals surface area contributed by atoms with Gasteiger partial charge in [-0.15, -0.1) is 0 Å². The molecule has 1 saturated heterocycles. The van der Waals surface area contributed by atoms with Crippen LogP contribution in [0.25, 0.3) is 10.8 Å². The van der Waals surface area contributed by atoms with Gasteiger partial charge in [0.05, 0.1) is 5.69 Å². The van der Waals surface area contributed by atoms with Crippen molar-refractivity contribution in [2.45, 2.75) is 13.1 Å². The molecule has 0 spiro atoms. The quantitative estimate of drug-likeness (QED) is 0.571. The number of aliphatic imine (C=N–C) groups is 1. The van der Waals surface area contributed by atoms with Crippen LogP contribution in [0.3, 0.4) is 0 Å². The van der Waals surface area contributed by atoms with Crippen LogP contribution in [-0.4, -0.2) is 54.1 Å². The number of nitrogens with zero attached hydrogens (tertiary/aromatic N) is 4. The van der Waals surface area contributed by atoms with Gasteiger partial charge >= 0.3 is 0 Å². The number of guanidine groups is 1. The van der Waals surface area contributed by atoms with Crippen molar-refractivity contribution in [3.05, 3.63) is 66.1 Å². The van der Waals surface area contributed by atoms with E-state index in [2.05, 4.69) is 67.7 Å². The molecule has 2 heterocycles. The van der Waals surface area contributed by atoms with Crippen molar-refractivity contribution in [3.8, 4) is 0 Å². The number of hydrogen-bond donors (Lipinski definition) is 1. The summed E-state index contributed by atoms with van der Waals surface area (Å²) in [4.78, 5) is 9.21. The maximum atomic E-state index is 4.92. The van der Waals surface area contributed by atoms with E-state index in [4.69, 9.17) is 4.52 Å². The molecule has 1 aliphatic rings. The average Bonchev–Trinajstić information content (AvgIpc) is 3.23. The van der Waals surface area contributed by atoms with Gasteiger partial charge in [0.15, 0.2) is 5.96 Å². The number of hydrogen-bond acceptors (Lipinski definition) is 4. The lowest BCUT2D eigenvalue weighted by Crippen LogP contribution is -2.52. The Kier molecular flexibility index (Phi) is 5.34. The fraction of sp³-hybridized carbons (Fsp3) is 0.333. The third-order valence-electron chi connectivity index (χ3n) is 5.08. The van der Waals surface area contributed by atoms with E-state index in [0.29, 0.717) is 0 Å². The summed E-state index contributed by atoms with van der Waals surface area (Å²) >= 11 is 0. The summed E-state index contributed by atoms with van der Waals surface area (Å²) in [6, 6.07) is 16.9. The molecular formula is C21H25N5O. The van der Waals surface area contributed by atoms with Gasteiger partial charge in [-0.05, 0) is 16.3 Å². The van der Waals surface area contributed by atoms with Crippen LogP contribution in [0.2, 0.25) is 0 Å². The van der Waals surface area contributed by atoms with E-state index in [0.717, 1.165) is 50.9 Å². The topological polar surface area (TPSA) is 56.9 Å². The van der Waals surface area contributed by atoms with E-state index in [-0.39, 0.29) is 0 Å². The third-order valence-corrected chi connectivity index (χ3v) is 5.08. The average molecular weight is 363 g/mol. The smallest absolute Gasteiger partial charge is 0.194 e. The minimum absolute atomic E-state index is 0.771. The Hall–Kier alpha value is -2.86. The highest BCUT2D eigenvalue weighted by Crippen LogP contribution is 2.18. The van der Waals surface area contributed by atoms with Crippen molar-refractivity contribution in [2.24, 2.45) is 4.99 Å². The van der Waals surface area contributed by atoms with E-state index >= 15 is 0 Å². The molecule has 1 fully saturated rings. The molecule has 0 atom stereocenters. The predicted molar refractivity (Wildman–Crippen MR) is 107 cm³/mol. The standard InChI is InChI=1S/C21H25N5O/c1-22-21(23-15-18-7-4-6-17-5-2-3-8-20(17)18)26-12-10-25(11-13-26)16-19-9-14-27-24-19/h2-9,14H,10-13,15-16H2,1H3,(H,22,23). The largest absolute Gasteiger partial charge is 0.364 e. The molecule has 3 aromatic rings. The van der Waals surface area contributed by atoms with Gasteiger partial charge in [0.1, 0.15) is 6.26 Å². The molecule has 140 valence electrons. The highest BCUT2D eigenvalue weighted by atomic mass is 16.5. The second-order valence-electron chi connectivity index (χ2n) is 6.79. The number of piperazine rings is 1. The first-order valence-electron chi connectivity index (χ1n) is 9.37. The Morgan fingerprint density at radius 2 is 1.89 bits per heavy atom. The van der Waals surface area contributed by atoms with Gasteiger partial charge in [-0.25, -0.2) is 0 Å². The van der Waals surface area contributed by atoms with Gasteiger partial charge < -0.3 is 14.7 Å². The lowest BCUT2D eigenvalue weighted by atomic mass is 10.0. The van der Waals surface area contributed by atoms with Crippen LogP contribution in [0.4, 0.5) is 0 Å². The monoisotopic (exact) mass is 363 g/mol. The van der Waals surface area contributed by atoms with Crippen molar-refractivity contribution in [1.82, 2.24) is 20.3 Å². The molecule has 2 aromatic carbocycles. The molecule has 0 amide bonds. The maximum absolute atomic E-state index is 4.92. The van der Waals surface area contributed by atoms with Gasteiger partial charge in [0, 0.05) is 52.4 Å². The molecular weight excluding hydrogens is 338 g/mol. The number of aromatic nitrogens is 1. The Morgan fingerprint density at radius 1 is 1.07 bits per heavy atom. The molecule has 0 unspecified atom stereocenters. The summed E-state index contributed by atoms with van der Waals surface area (Å²) in [6.45, 7) is 5.49. The summed E-state index contributed by atoms with van der Waals surface area (Å²) in [5.74, 6) is 0.962. The van der Waals surface area contributed by atoms with Crippen LogP contribution < -0.4 is 5.32 Å². The van der Waals surface area contributed by atoms with Crippen molar-refractivity contribution >= 4 is 16.7 Å². The molecule has 0 radical (unpaired) electrons. The van der Waals surface area contributed by atoms with Gasteiger partial charge in [0.2, 0.25) is 0 Å². The first kappa shape index (κ1) is 17.5. The summed E-state index contributed by atoms with van der Waals surface area (Å²) in [7, 11) is 1.85. The second kappa shape index (κ2) is 8.22. The van der Waals surface area contributed by atoms with Crippen LogP contribution in [0.5, 0.6) is 0 Å². The molecule has 4 rings (SSSR count). The molecule has 1 aromatic heterocycles. The lowest BCUT2D eigenvalue weighted by molar-refractivity contribution is 0.169. The maximum Gasteiger partial charge on any atom is 0.194 e. The number of benzene rings is 2. The number of fused-ring (bicyclic) bond motifs is 1. The Morgan fingerprint density at radius 3 is 2.67 bits per heavy atom. The normalized spacial score (nSPS) is 16.0. The zero-order chi connectivity index (χ0) is 18.5. The van der Waals surface area contributed by atoms with Crippen LogP contribution in [0.15, 0.2) is 64.3 Å². The zero-order valence-corrected chi connectivity index (χ0v) is 15.6. The zero-order valence-electron chi connectivity index (χ0n) is 15.6. The van der Waals surface area contributed by atoms with E-state index < -0.39 is 0 Å². The second-order valence-corrected chi connectivity index (χ2v) is 6.79. The Bertz CT molecular complexity index is 893. The van der Waals surface area contributed by atoms with E-state index in [9.17, 15) is 0 Å². The number of rotatable bonds is 4. The fourth-order valence-corrected chi connectivity index (χ4v) is 3.62. The van der Waals surface area contributed by atoms with Crippen LogP contribution >= 0.6 is 0 Å². The van der Waals surface area contributed by atoms with Crippen molar-refractivity contribution in [2.75, 3.05) is 33.2 Å². The van der Waals surface area contributed by atoms with E-state index in [1.54, 1.807) is 6.26 Å². The van der Waals surface area contributed by atoms with Crippen molar-refractivity contribution in [1.29, 1.82) is 0 Å². The predicted octanol–water partition coefficient (Wildman–Crippen LogP) is 2.72. The Balaban J connectivity index is 1.34. The summed E-state index contributed by atoms with van der Waals surface area (Å²) in [6.07, 6.45) is 1.63. The minimum Gasteiger partial charge on any atom is -0.364 e. The highest BCUT2D eigenvalue weighted by molar-refractivity contribution is 5.86. The van der Waals surface area contributed by atoms with Crippen molar-refractivity contribution < 1.29 is 4.52 Å². The van der Waals surface area contributed by atoms with Crippen LogP contribution in [0, 0.1) is 0 Å². The SMILES string of the molecule is CN=C(NCc1cccc2ccccc12)N1CCN(Cc2ccon2)CC1. The van der Waals surface area contributed by atoms with E-state index in [1.165, 1.54) is 16.3 Å². The summed E-state index contributed by atoms with van der Waals surface area (Å²) < 4.78 is 4.92. The fourth-order valence-electron chi connectivity index (χ4n) is 3.62. The first-order chi connectivity index (χ1) is 13.3. The first-order valence-corrected chi connectivity index (χ1v) is 9.37. The molecule has 6 nitrogen and oxygen atoms in total. The molecule has 0 aliphatic carbocycles. The van der Waals surface area contributed by atoms with E-state index in [1.807, 2.05) is 13.1 Å². The molecule has 0 saturated carbocycles. The minimum atomic E-state index is 0.771. The third kappa shape index (κ3) is 4.11. The van der Waals surface area contributed by atoms with Crippen LogP contribution in [0.1, 0.15) is 11.3 Å². The highest BCUT2D eigenvalue weighted by Gasteiger charge is 2.20.